The van der Waals surface area contributed by atoms with Crippen molar-refractivity contribution < 1.29 is 14.0 Å². The van der Waals surface area contributed by atoms with Gasteiger partial charge in [-0.2, -0.15) is 5.10 Å². The lowest BCUT2D eigenvalue weighted by atomic mass is 10.1. The second kappa shape index (κ2) is 7.59. The first-order valence-corrected chi connectivity index (χ1v) is 10.2. The van der Waals surface area contributed by atoms with E-state index in [9.17, 15) is 0 Å². The summed E-state index contributed by atoms with van der Waals surface area (Å²) in [6.45, 7) is 2.52. The Balaban J connectivity index is 1.31. The number of ether oxygens (including phenoxy) is 2. The molecule has 1 saturated heterocycles. The van der Waals surface area contributed by atoms with E-state index >= 15 is 0 Å². The molecular weight excluding hydrogens is 378 g/mol. The minimum Gasteiger partial charge on any atom is -0.457 e. The van der Waals surface area contributed by atoms with Gasteiger partial charge in [-0.1, -0.05) is 0 Å². The summed E-state index contributed by atoms with van der Waals surface area (Å²) in [6, 6.07) is 16.4. The number of H-pyrrole nitrogens is 2. The predicted molar refractivity (Wildman–Crippen MR) is 115 cm³/mol. The summed E-state index contributed by atoms with van der Waals surface area (Å²) in [7, 11) is 4.49. The smallest absolute Gasteiger partial charge is 0.162 e. The Kier molecular flexibility index (Phi) is 4.77. The number of likely N-dealkylation sites (N-methyl/N-ethyl adjacent to an activating group) is 1. The fourth-order valence-electron chi connectivity index (χ4n) is 4.02. The minimum absolute atomic E-state index is 0.516. The third-order valence-electron chi connectivity index (χ3n) is 5.86. The van der Waals surface area contributed by atoms with Gasteiger partial charge in [-0.15, -0.1) is 0 Å². The van der Waals surface area contributed by atoms with Crippen molar-refractivity contribution in [1.82, 2.24) is 20.2 Å². The second-order valence-electron chi connectivity index (χ2n) is 8.41. The van der Waals surface area contributed by atoms with Crippen LogP contribution in [0, 0.1) is 0 Å². The van der Waals surface area contributed by atoms with Crippen molar-refractivity contribution in [3.63, 3.8) is 0 Å². The lowest BCUT2D eigenvalue weighted by molar-refractivity contribution is -0.926. The number of aromatic nitrogens is 4. The van der Waals surface area contributed by atoms with Crippen LogP contribution in [0.25, 0.3) is 22.3 Å². The summed E-state index contributed by atoms with van der Waals surface area (Å²) >= 11 is 0. The number of aromatic amines is 2. The third-order valence-corrected chi connectivity index (χ3v) is 5.86. The van der Waals surface area contributed by atoms with Crippen LogP contribution in [0.3, 0.4) is 0 Å². The molecule has 0 radical (unpaired) electrons. The number of benzene rings is 2. The molecule has 1 aliphatic heterocycles. The highest BCUT2D eigenvalue weighted by atomic mass is 16.5. The number of imidazole rings is 1. The number of hydrogen-bond acceptors (Lipinski definition) is 4. The lowest BCUT2D eigenvalue weighted by Crippen LogP contribution is -2.48. The van der Waals surface area contributed by atoms with Gasteiger partial charge < -0.3 is 18.9 Å². The zero-order valence-corrected chi connectivity index (χ0v) is 17.3. The average Bonchev–Trinajstić information content (AvgIpc) is 3.49. The Bertz CT molecular complexity index is 1130. The highest BCUT2D eigenvalue weighted by molar-refractivity contribution is 5.77. The van der Waals surface area contributed by atoms with Crippen LogP contribution in [0.4, 0.5) is 0 Å². The molecule has 1 aliphatic rings. The molecule has 1 unspecified atom stereocenters. The molecule has 30 heavy (non-hydrogen) atoms. The van der Waals surface area contributed by atoms with E-state index in [1.54, 1.807) is 6.20 Å². The van der Waals surface area contributed by atoms with Gasteiger partial charge in [-0.25, -0.2) is 4.98 Å². The highest BCUT2D eigenvalue weighted by Crippen LogP contribution is 2.28. The van der Waals surface area contributed by atoms with Gasteiger partial charge >= 0.3 is 0 Å². The number of quaternary nitrogens is 1. The van der Waals surface area contributed by atoms with Gasteiger partial charge in [-0.3, -0.25) is 5.10 Å². The number of nitrogens with one attached hydrogen (secondary N) is 2. The van der Waals surface area contributed by atoms with Gasteiger partial charge in [0.15, 0.2) is 5.82 Å². The summed E-state index contributed by atoms with van der Waals surface area (Å²) in [5.74, 6) is 2.56. The average molecular weight is 404 g/mol. The quantitative estimate of drug-likeness (QED) is 0.474. The maximum atomic E-state index is 6.06. The summed E-state index contributed by atoms with van der Waals surface area (Å²) in [6.07, 6.45) is 2.85. The molecule has 1 atom stereocenters. The SMILES string of the molecule is C[N+](C)(Cc1nc2ccc(Oc3ccc(-c4ccn[nH]4)cc3)cc2[nH]1)C1CCOC1. The molecule has 4 aromatic rings. The molecule has 0 aliphatic carbocycles. The zero-order valence-electron chi connectivity index (χ0n) is 17.3. The predicted octanol–water partition coefficient (Wildman–Crippen LogP) is 4.11. The Morgan fingerprint density at radius 1 is 1.10 bits per heavy atom. The molecule has 7 nitrogen and oxygen atoms in total. The zero-order chi connectivity index (χ0) is 20.6. The van der Waals surface area contributed by atoms with Gasteiger partial charge in [-0.05, 0) is 48.0 Å². The van der Waals surface area contributed by atoms with Crippen molar-refractivity contribution in [2.45, 2.75) is 19.0 Å². The maximum absolute atomic E-state index is 6.06. The minimum atomic E-state index is 0.516. The number of fused-ring (bicyclic) bond motifs is 1. The van der Waals surface area contributed by atoms with Gasteiger partial charge in [0.25, 0.3) is 0 Å². The van der Waals surface area contributed by atoms with Crippen molar-refractivity contribution >= 4 is 11.0 Å². The Labute approximate surface area is 175 Å². The first-order valence-electron chi connectivity index (χ1n) is 10.2. The molecule has 0 amide bonds. The molecule has 3 heterocycles. The molecule has 0 saturated carbocycles. The van der Waals surface area contributed by atoms with E-state index in [2.05, 4.69) is 29.3 Å². The van der Waals surface area contributed by atoms with E-state index in [1.807, 2.05) is 48.5 Å². The molecule has 2 aromatic carbocycles. The Morgan fingerprint density at radius 3 is 2.67 bits per heavy atom. The fourth-order valence-corrected chi connectivity index (χ4v) is 4.02. The topological polar surface area (TPSA) is 75.8 Å². The lowest BCUT2D eigenvalue weighted by Gasteiger charge is -2.34. The summed E-state index contributed by atoms with van der Waals surface area (Å²) in [5.41, 5.74) is 3.99. The number of hydrogen-bond donors (Lipinski definition) is 2. The normalized spacial score (nSPS) is 16.9. The van der Waals surface area contributed by atoms with Crippen molar-refractivity contribution in [2.75, 3.05) is 27.3 Å². The van der Waals surface area contributed by atoms with E-state index in [0.29, 0.717) is 6.04 Å². The monoisotopic (exact) mass is 404 g/mol. The summed E-state index contributed by atoms with van der Waals surface area (Å²) in [4.78, 5) is 8.25. The number of rotatable bonds is 6. The molecule has 154 valence electrons. The maximum Gasteiger partial charge on any atom is 0.162 e. The summed E-state index contributed by atoms with van der Waals surface area (Å²) < 4.78 is 12.5. The molecule has 0 spiro atoms. The van der Waals surface area contributed by atoms with Crippen LogP contribution >= 0.6 is 0 Å². The number of nitrogens with zero attached hydrogens (tertiary/aromatic N) is 3. The molecule has 0 bridgehead atoms. The molecule has 2 aromatic heterocycles. The van der Waals surface area contributed by atoms with Crippen LogP contribution in [-0.2, 0) is 11.3 Å². The molecule has 1 fully saturated rings. The first kappa shape index (κ1) is 18.8. The van der Waals surface area contributed by atoms with Crippen LogP contribution < -0.4 is 4.74 Å². The van der Waals surface area contributed by atoms with Gasteiger partial charge in [0.05, 0.1) is 44.0 Å². The van der Waals surface area contributed by atoms with E-state index in [1.165, 1.54) is 0 Å². The van der Waals surface area contributed by atoms with Gasteiger partial charge in [0.1, 0.15) is 24.1 Å². The van der Waals surface area contributed by atoms with Gasteiger partial charge in [0.2, 0.25) is 0 Å². The van der Waals surface area contributed by atoms with E-state index < -0.39 is 0 Å². The van der Waals surface area contributed by atoms with Crippen LogP contribution in [-0.4, -0.2) is 58.0 Å². The van der Waals surface area contributed by atoms with Crippen molar-refractivity contribution in [3.05, 3.63) is 60.6 Å². The molecular formula is C23H26N5O2+. The fraction of sp³-hybridized carbons (Fsp3) is 0.304. The van der Waals surface area contributed by atoms with Gasteiger partial charge in [0, 0.05) is 18.7 Å². The standard InChI is InChI=1S/C23H26N5O2/c1-28(2,17-10-12-29-15-17)14-23-25-21-8-7-19(13-22(21)26-23)30-18-5-3-16(4-6-18)20-9-11-24-27-20/h3-9,11,13,17H,10,12,14-15H2,1-2H3,(H,24,27)(H,25,26)/q+1. The Hall–Kier alpha value is -3.16. The van der Waals surface area contributed by atoms with Crippen molar-refractivity contribution in [3.8, 4) is 22.8 Å². The van der Waals surface area contributed by atoms with Crippen LogP contribution in [0.5, 0.6) is 11.5 Å². The first-order chi connectivity index (χ1) is 14.6. The van der Waals surface area contributed by atoms with Crippen LogP contribution in [0.2, 0.25) is 0 Å². The van der Waals surface area contributed by atoms with Crippen LogP contribution in [0.15, 0.2) is 54.7 Å². The summed E-state index contributed by atoms with van der Waals surface area (Å²) in [5, 5.41) is 6.96. The molecule has 7 heteroatoms. The second-order valence-corrected chi connectivity index (χ2v) is 8.41. The Morgan fingerprint density at radius 2 is 1.93 bits per heavy atom. The van der Waals surface area contributed by atoms with E-state index in [0.717, 1.165) is 70.3 Å². The largest absolute Gasteiger partial charge is 0.457 e. The molecule has 5 rings (SSSR count). The van der Waals surface area contributed by atoms with Crippen molar-refractivity contribution in [2.24, 2.45) is 0 Å². The molecule has 2 N–H and O–H groups in total. The highest BCUT2D eigenvalue weighted by Gasteiger charge is 2.32. The third kappa shape index (κ3) is 3.81. The van der Waals surface area contributed by atoms with Crippen LogP contribution in [0.1, 0.15) is 12.2 Å². The van der Waals surface area contributed by atoms with Crippen molar-refractivity contribution in [1.29, 1.82) is 0 Å². The van der Waals surface area contributed by atoms with E-state index in [-0.39, 0.29) is 0 Å². The van der Waals surface area contributed by atoms with E-state index in [4.69, 9.17) is 14.5 Å².